The molecular weight excluding hydrogens is 365 g/mol. The summed E-state index contributed by atoms with van der Waals surface area (Å²) in [5, 5.41) is 0. The van der Waals surface area contributed by atoms with E-state index in [4.69, 9.17) is 10.5 Å². The van der Waals surface area contributed by atoms with Crippen molar-refractivity contribution in [3.8, 4) is 5.75 Å². The summed E-state index contributed by atoms with van der Waals surface area (Å²) in [7, 11) is 3.72. The maximum absolute atomic E-state index is 5.97. The first-order valence-corrected chi connectivity index (χ1v) is 6.78. The molecule has 1 aromatic rings. The largest absolute Gasteiger partial charge is 0.496 e. The van der Waals surface area contributed by atoms with Gasteiger partial charge in [0, 0.05) is 19.6 Å². The number of methoxy groups -OCH3 is 1. The Morgan fingerprint density at radius 1 is 1.45 bits per heavy atom. The zero-order chi connectivity index (χ0) is 13.8. The summed E-state index contributed by atoms with van der Waals surface area (Å²) < 4.78 is 5.36. The molecule has 2 rings (SSSR count). The molecule has 0 bridgehead atoms. The van der Waals surface area contributed by atoms with Crippen LogP contribution in [0.3, 0.4) is 0 Å². The molecule has 0 amide bonds. The van der Waals surface area contributed by atoms with E-state index in [0.29, 0.717) is 18.5 Å². The highest BCUT2D eigenvalue weighted by Gasteiger charge is 2.27. The minimum absolute atomic E-state index is 0. The highest BCUT2D eigenvalue weighted by molar-refractivity contribution is 14.0. The monoisotopic (exact) mass is 389 g/mol. The van der Waals surface area contributed by atoms with Gasteiger partial charge in [-0.2, -0.15) is 0 Å². The van der Waals surface area contributed by atoms with Crippen molar-refractivity contribution in [2.75, 3.05) is 20.7 Å². The number of hydrogen-bond donors (Lipinski definition) is 1. The molecule has 0 radical (unpaired) electrons. The molecule has 2 N–H and O–H groups in total. The van der Waals surface area contributed by atoms with Crippen LogP contribution in [0.15, 0.2) is 23.2 Å². The van der Waals surface area contributed by atoms with Crippen LogP contribution in [0.2, 0.25) is 0 Å². The third kappa shape index (κ3) is 4.54. The molecule has 1 saturated carbocycles. The van der Waals surface area contributed by atoms with Gasteiger partial charge in [0.25, 0.3) is 0 Å². The van der Waals surface area contributed by atoms with Crippen molar-refractivity contribution in [3.05, 3.63) is 29.3 Å². The van der Waals surface area contributed by atoms with Gasteiger partial charge in [-0.3, -0.25) is 4.99 Å². The van der Waals surface area contributed by atoms with Crippen molar-refractivity contribution in [3.63, 3.8) is 0 Å². The Balaban J connectivity index is 0.00000200. The van der Waals surface area contributed by atoms with Crippen LogP contribution in [0, 0.1) is 6.92 Å². The number of nitrogens with two attached hydrogens (primary N) is 1. The van der Waals surface area contributed by atoms with Crippen LogP contribution in [0.25, 0.3) is 0 Å². The molecule has 1 aromatic carbocycles. The van der Waals surface area contributed by atoms with E-state index in [1.165, 1.54) is 24.0 Å². The minimum Gasteiger partial charge on any atom is -0.496 e. The number of guanidine groups is 1. The lowest BCUT2D eigenvalue weighted by Crippen LogP contribution is -2.35. The van der Waals surface area contributed by atoms with Crippen LogP contribution in [0.5, 0.6) is 5.75 Å². The first-order valence-electron chi connectivity index (χ1n) is 6.78. The molecule has 5 heteroatoms. The van der Waals surface area contributed by atoms with Crippen LogP contribution >= 0.6 is 24.0 Å². The highest BCUT2D eigenvalue weighted by Crippen LogP contribution is 2.25. The van der Waals surface area contributed by atoms with Crippen LogP contribution in [0.4, 0.5) is 0 Å². The van der Waals surface area contributed by atoms with Gasteiger partial charge in [0.15, 0.2) is 5.96 Å². The van der Waals surface area contributed by atoms with E-state index in [-0.39, 0.29) is 24.0 Å². The van der Waals surface area contributed by atoms with Crippen molar-refractivity contribution < 1.29 is 4.74 Å². The molecule has 1 fully saturated rings. The van der Waals surface area contributed by atoms with Crippen molar-refractivity contribution in [1.29, 1.82) is 0 Å². The van der Waals surface area contributed by atoms with E-state index in [0.717, 1.165) is 12.2 Å². The number of hydrogen-bond acceptors (Lipinski definition) is 2. The molecule has 0 atom stereocenters. The molecule has 4 nitrogen and oxygen atoms in total. The van der Waals surface area contributed by atoms with E-state index in [9.17, 15) is 0 Å². The lowest BCUT2D eigenvalue weighted by atomic mass is 10.1. The summed E-state index contributed by atoms with van der Waals surface area (Å²) in [6, 6.07) is 6.82. The summed E-state index contributed by atoms with van der Waals surface area (Å²) in [5.74, 6) is 1.57. The molecule has 0 aromatic heterocycles. The van der Waals surface area contributed by atoms with Crippen LogP contribution in [-0.2, 0) is 6.42 Å². The van der Waals surface area contributed by atoms with Gasteiger partial charge in [-0.1, -0.05) is 17.7 Å². The fourth-order valence-electron chi connectivity index (χ4n) is 2.15. The Kier molecular flexibility index (Phi) is 6.58. The standard InChI is InChI=1S/C15H23N3O.HI/c1-11-4-7-14(19-3)12(10-11)8-9-17-15(16)18(2)13-5-6-13;/h4,7,10,13H,5-6,8-9H2,1-3H3,(H2,16,17);1H. The minimum atomic E-state index is 0. The van der Waals surface area contributed by atoms with Crippen molar-refractivity contribution in [1.82, 2.24) is 4.90 Å². The third-order valence-electron chi connectivity index (χ3n) is 3.55. The van der Waals surface area contributed by atoms with Gasteiger partial charge in [0.1, 0.15) is 5.75 Å². The van der Waals surface area contributed by atoms with Crippen LogP contribution in [-0.4, -0.2) is 37.6 Å². The maximum atomic E-state index is 5.97. The van der Waals surface area contributed by atoms with E-state index in [1.807, 2.05) is 13.1 Å². The van der Waals surface area contributed by atoms with Gasteiger partial charge >= 0.3 is 0 Å². The zero-order valence-electron chi connectivity index (χ0n) is 12.4. The smallest absolute Gasteiger partial charge is 0.191 e. The molecule has 0 saturated heterocycles. The number of aliphatic imine (C=N–C) groups is 1. The Hall–Kier alpha value is -0.980. The van der Waals surface area contributed by atoms with Gasteiger partial charge in [-0.05, 0) is 37.8 Å². The molecule has 0 heterocycles. The van der Waals surface area contributed by atoms with Gasteiger partial charge in [-0.25, -0.2) is 0 Å². The van der Waals surface area contributed by atoms with E-state index >= 15 is 0 Å². The van der Waals surface area contributed by atoms with Gasteiger partial charge < -0.3 is 15.4 Å². The Labute approximate surface area is 138 Å². The average Bonchev–Trinajstić information content (AvgIpc) is 3.22. The number of rotatable bonds is 5. The number of ether oxygens (including phenoxy) is 1. The molecule has 0 spiro atoms. The molecule has 1 aliphatic carbocycles. The van der Waals surface area contributed by atoms with Crippen molar-refractivity contribution >= 4 is 29.9 Å². The second-order valence-electron chi connectivity index (χ2n) is 5.15. The maximum Gasteiger partial charge on any atom is 0.191 e. The average molecular weight is 389 g/mol. The Bertz CT molecular complexity index is 472. The third-order valence-corrected chi connectivity index (χ3v) is 3.55. The van der Waals surface area contributed by atoms with E-state index in [2.05, 4.69) is 28.9 Å². The quantitative estimate of drug-likeness (QED) is 0.479. The molecule has 1 aliphatic rings. The number of nitrogens with zero attached hydrogens (tertiary/aromatic N) is 2. The second kappa shape index (κ2) is 7.71. The summed E-state index contributed by atoms with van der Waals surface area (Å²) in [6.07, 6.45) is 3.32. The molecule has 20 heavy (non-hydrogen) atoms. The second-order valence-corrected chi connectivity index (χ2v) is 5.15. The Morgan fingerprint density at radius 3 is 2.75 bits per heavy atom. The first-order chi connectivity index (χ1) is 9.11. The normalized spacial score (nSPS) is 14.7. The predicted octanol–water partition coefficient (Wildman–Crippen LogP) is 2.57. The fourth-order valence-corrected chi connectivity index (χ4v) is 2.15. The molecule has 0 unspecified atom stereocenters. The van der Waals surface area contributed by atoms with Gasteiger partial charge in [0.2, 0.25) is 0 Å². The Morgan fingerprint density at radius 2 is 2.15 bits per heavy atom. The van der Waals surface area contributed by atoms with Gasteiger partial charge in [-0.15, -0.1) is 24.0 Å². The van der Waals surface area contributed by atoms with E-state index < -0.39 is 0 Å². The number of halogens is 1. The molecule has 112 valence electrons. The molecule has 0 aliphatic heterocycles. The lowest BCUT2D eigenvalue weighted by molar-refractivity contribution is 0.409. The summed E-state index contributed by atoms with van der Waals surface area (Å²) in [4.78, 5) is 6.53. The van der Waals surface area contributed by atoms with E-state index in [1.54, 1.807) is 7.11 Å². The highest BCUT2D eigenvalue weighted by atomic mass is 127. The van der Waals surface area contributed by atoms with Crippen molar-refractivity contribution in [2.24, 2.45) is 10.7 Å². The topological polar surface area (TPSA) is 50.9 Å². The summed E-state index contributed by atoms with van der Waals surface area (Å²) >= 11 is 0. The first kappa shape index (κ1) is 17.1. The number of aryl methyl sites for hydroxylation is 1. The predicted molar refractivity (Wildman–Crippen MR) is 94.1 cm³/mol. The SMILES string of the molecule is COc1ccc(C)cc1CCN=C(N)N(C)C1CC1.I. The van der Waals surface area contributed by atoms with Gasteiger partial charge in [0.05, 0.1) is 7.11 Å². The molecular formula is C15H24IN3O. The van der Waals surface area contributed by atoms with Crippen molar-refractivity contribution in [2.45, 2.75) is 32.2 Å². The van der Waals surface area contributed by atoms with Crippen LogP contribution < -0.4 is 10.5 Å². The van der Waals surface area contributed by atoms with Crippen LogP contribution in [0.1, 0.15) is 24.0 Å². The fraction of sp³-hybridized carbons (Fsp3) is 0.533. The summed E-state index contributed by atoms with van der Waals surface area (Å²) in [5.41, 5.74) is 8.39. The lowest BCUT2D eigenvalue weighted by Gasteiger charge is -2.17. The number of benzene rings is 1. The zero-order valence-corrected chi connectivity index (χ0v) is 14.8. The summed E-state index contributed by atoms with van der Waals surface area (Å²) in [6.45, 7) is 2.78.